The van der Waals surface area contributed by atoms with Crippen LogP contribution < -0.4 is 9.47 Å². The van der Waals surface area contributed by atoms with Crippen molar-refractivity contribution in [2.45, 2.75) is 39.5 Å². The second-order valence-corrected chi connectivity index (χ2v) is 5.02. The van der Waals surface area contributed by atoms with E-state index in [0.717, 1.165) is 22.6 Å². The summed E-state index contributed by atoms with van der Waals surface area (Å²) >= 11 is 0. The molecule has 0 saturated heterocycles. The minimum absolute atomic E-state index is 0.489. The van der Waals surface area contributed by atoms with Gasteiger partial charge in [0.25, 0.3) is 0 Å². The maximum absolute atomic E-state index is 5.30. The van der Waals surface area contributed by atoms with Crippen LogP contribution in [0.15, 0.2) is 24.8 Å². The molecular formula is C17H26O2. The van der Waals surface area contributed by atoms with Gasteiger partial charge in [-0.25, -0.2) is 0 Å². The Kier molecular flexibility index (Phi) is 6.48. The molecule has 1 rings (SSSR count). The van der Waals surface area contributed by atoms with Gasteiger partial charge in [-0.3, -0.25) is 0 Å². The lowest BCUT2D eigenvalue weighted by molar-refractivity contribution is 0.394. The highest BCUT2D eigenvalue weighted by Gasteiger charge is 2.11. The summed E-state index contributed by atoms with van der Waals surface area (Å²) in [5.41, 5.74) is 2.27. The number of methoxy groups -OCH3 is 2. The van der Waals surface area contributed by atoms with E-state index < -0.39 is 0 Å². The van der Waals surface area contributed by atoms with E-state index in [0.29, 0.717) is 5.92 Å². The van der Waals surface area contributed by atoms with Crippen LogP contribution in [0.1, 0.15) is 45.1 Å². The van der Waals surface area contributed by atoms with E-state index in [-0.39, 0.29) is 0 Å². The fraction of sp³-hybridized carbons (Fsp3) is 0.529. The Morgan fingerprint density at radius 3 is 2.16 bits per heavy atom. The molecule has 0 aromatic heterocycles. The highest BCUT2D eigenvalue weighted by atomic mass is 16.5. The molecule has 0 saturated carbocycles. The van der Waals surface area contributed by atoms with Crippen molar-refractivity contribution in [3.8, 4) is 11.5 Å². The summed E-state index contributed by atoms with van der Waals surface area (Å²) in [6.45, 7) is 8.71. The monoisotopic (exact) mass is 262 g/mol. The molecular weight excluding hydrogens is 236 g/mol. The summed E-state index contributed by atoms with van der Waals surface area (Å²) in [7, 11) is 3.35. The Hall–Kier alpha value is -1.44. The van der Waals surface area contributed by atoms with E-state index in [4.69, 9.17) is 9.47 Å². The number of rotatable bonds is 8. The molecule has 0 aliphatic heterocycles. The standard InChI is InChI=1S/C17H26O2/c1-6-7-8-9-13(2)14(3)15-10-16(18-4)12-17(11-15)19-5/h10-13H,3,6-9H2,1-2,4-5H3. The smallest absolute Gasteiger partial charge is 0.123 e. The second-order valence-electron chi connectivity index (χ2n) is 5.02. The first-order valence-electron chi connectivity index (χ1n) is 7.04. The van der Waals surface area contributed by atoms with Crippen LogP contribution in [0.4, 0.5) is 0 Å². The van der Waals surface area contributed by atoms with E-state index in [1.54, 1.807) is 14.2 Å². The highest BCUT2D eigenvalue weighted by Crippen LogP contribution is 2.31. The summed E-state index contributed by atoms with van der Waals surface area (Å²) in [5.74, 6) is 2.12. The van der Waals surface area contributed by atoms with Crippen molar-refractivity contribution >= 4 is 5.57 Å². The van der Waals surface area contributed by atoms with Crippen LogP contribution in [-0.2, 0) is 0 Å². The average molecular weight is 262 g/mol. The van der Waals surface area contributed by atoms with Gasteiger partial charge in [-0.1, -0.05) is 39.7 Å². The third kappa shape index (κ3) is 4.62. The van der Waals surface area contributed by atoms with E-state index in [9.17, 15) is 0 Å². The Morgan fingerprint density at radius 2 is 1.68 bits per heavy atom. The number of unbranched alkanes of at least 4 members (excludes halogenated alkanes) is 2. The zero-order valence-corrected chi connectivity index (χ0v) is 12.7. The van der Waals surface area contributed by atoms with Crippen LogP contribution in [0.2, 0.25) is 0 Å². The number of allylic oxidation sites excluding steroid dienone is 1. The molecule has 106 valence electrons. The van der Waals surface area contributed by atoms with Crippen LogP contribution in [0.25, 0.3) is 5.57 Å². The highest BCUT2D eigenvalue weighted by molar-refractivity contribution is 5.67. The fourth-order valence-corrected chi connectivity index (χ4v) is 2.15. The minimum Gasteiger partial charge on any atom is -0.497 e. The van der Waals surface area contributed by atoms with Crippen LogP contribution >= 0.6 is 0 Å². The lowest BCUT2D eigenvalue weighted by atomic mass is 9.91. The van der Waals surface area contributed by atoms with Crippen molar-refractivity contribution in [2.24, 2.45) is 5.92 Å². The van der Waals surface area contributed by atoms with Crippen LogP contribution in [0.3, 0.4) is 0 Å². The van der Waals surface area contributed by atoms with Gasteiger partial charge < -0.3 is 9.47 Å². The predicted molar refractivity (Wildman–Crippen MR) is 81.9 cm³/mol. The van der Waals surface area contributed by atoms with Crippen LogP contribution in [-0.4, -0.2) is 14.2 Å². The van der Waals surface area contributed by atoms with Gasteiger partial charge in [0.2, 0.25) is 0 Å². The molecule has 0 spiro atoms. The predicted octanol–water partition coefficient (Wildman–Crippen LogP) is 4.93. The third-order valence-electron chi connectivity index (χ3n) is 3.56. The van der Waals surface area contributed by atoms with Gasteiger partial charge in [0.15, 0.2) is 0 Å². The van der Waals surface area contributed by atoms with Gasteiger partial charge >= 0.3 is 0 Å². The topological polar surface area (TPSA) is 18.5 Å². The minimum atomic E-state index is 0.489. The Labute approximate surface area is 117 Å². The maximum Gasteiger partial charge on any atom is 0.123 e. The van der Waals surface area contributed by atoms with Gasteiger partial charge in [-0.05, 0) is 35.6 Å². The second kappa shape index (κ2) is 7.88. The van der Waals surface area contributed by atoms with Gasteiger partial charge in [-0.2, -0.15) is 0 Å². The lowest BCUT2D eigenvalue weighted by Gasteiger charge is -2.16. The zero-order chi connectivity index (χ0) is 14.3. The molecule has 1 aromatic rings. The molecule has 2 nitrogen and oxygen atoms in total. The van der Waals surface area contributed by atoms with Crippen molar-refractivity contribution in [2.75, 3.05) is 14.2 Å². The van der Waals surface area contributed by atoms with Gasteiger partial charge in [0.1, 0.15) is 11.5 Å². The lowest BCUT2D eigenvalue weighted by Crippen LogP contribution is -1.99. The normalized spacial score (nSPS) is 12.0. The van der Waals surface area contributed by atoms with Crippen molar-refractivity contribution < 1.29 is 9.47 Å². The summed E-state index contributed by atoms with van der Waals surface area (Å²) in [6.07, 6.45) is 5.00. The van der Waals surface area contributed by atoms with E-state index in [1.165, 1.54) is 25.7 Å². The van der Waals surface area contributed by atoms with Gasteiger partial charge in [0, 0.05) is 6.07 Å². The first-order valence-corrected chi connectivity index (χ1v) is 7.04. The fourth-order valence-electron chi connectivity index (χ4n) is 2.15. The summed E-state index contributed by atoms with van der Waals surface area (Å²) in [4.78, 5) is 0. The Morgan fingerprint density at radius 1 is 1.11 bits per heavy atom. The molecule has 0 fully saturated rings. The SMILES string of the molecule is C=C(c1cc(OC)cc(OC)c1)C(C)CCCCC. The quantitative estimate of drug-likeness (QED) is 0.618. The van der Waals surface area contributed by atoms with E-state index >= 15 is 0 Å². The molecule has 0 heterocycles. The molecule has 19 heavy (non-hydrogen) atoms. The summed E-state index contributed by atoms with van der Waals surface area (Å²) in [5, 5.41) is 0. The first kappa shape index (κ1) is 15.6. The third-order valence-corrected chi connectivity index (χ3v) is 3.56. The number of hydrogen-bond donors (Lipinski definition) is 0. The molecule has 0 bridgehead atoms. The molecule has 0 aliphatic rings. The summed E-state index contributed by atoms with van der Waals surface area (Å²) < 4.78 is 10.6. The zero-order valence-electron chi connectivity index (χ0n) is 12.7. The number of hydrogen-bond acceptors (Lipinski definition) is 2. The molecule has 0 aliphatic carbocycles. The van der Waals surface area contributed by atoms with Crippen molar-refractivity contribution in [1.82, 2.24) is 0 Å². The van der Waals surface area contributed by atoms with Gasteiger partial charge in [0.05, 0.1) is 14.2 Å². The number of benzene rings is 1. The molecule has 2 heteroatoms. The Balaban J connectivity index is 2.80. The van der Waals surface area contributed by atoms with E-state index in [1.807, 2.05) is 18.2 Å². The first-order chi connectivity index (χ1) is 9.12. The van der Waals surface area contributed by atoms with Crippen molar-refractivity contribution in [3.63, 3.8) is 0 Å². The van der Waals surface area contributed by atoms with E-state index in [2.05, 4.69) is 20.4 Å². The molecule has 0 radical (unpaired) electrons. The molecule has 1 unspecified atom stereocenters. The molecule has 0 N–H and O–H groups in total. The Bertz CT molecular complexity index is 387. The van der Waals surface area contributed by atoms with Crippen molar-refractivity contribution in [3.05, 3.63) is 30.3 Å². The van der Waals surface area contributed by atoms with Crippen molar-refractivity contribution in [1.29, 1.82) is 0 Å². The largest absolute Gasteiger partial charge is 0.497 e. The summed E-state index contributed by atoms with van der Waals surface area (Å²) in [6, 6.07) is 5.95. The molecule has 1 aromatic carbocycles. The molecule has 0 amide bonds. The maximum atomic E-state index is 5.30. The van der Waals surface area contributed by atoms with Crippen LogP contribution in [0, 0.1) is 5.92 Å². The average Bonchev–Trinajstić information content (AvgIpc) is 2.45. The van der Waals surface area contributed by atoms with Gasteiger partial charge in [-0.15, -0.1) is 0 Å². The molecule has 1 atom stereocenters. The van der Waals surface area contributed by atoms with Crippen LogP contribution in [0.5, 0.6) is 11.5 Å². The number of ether oxygens (including phenoxy) is 2.